The SMILES string of the molecule is C[C@H]1CCN(c2cncc3nc(N)oc23)C[C@@H]1C(=O)N1CCc2cc(Cl)cc(Cl)c2[C@@H]1C. The average Bonchev–Trinajstić information content (AvgIpc) is 3.13. The fraction of sp³-hybridized carbons (Fsp3) is 0.435. The van der Waals surface area contributed by atoms with E-state index in [4.69, 9.17) is 33.4 Å². The van der Waals surface area contributed by atoms with Gasteiger partial charge in [-0.3, -0.25) is 9.78 Å². The van der Waals surface area contributed by atoms with Crippen LogP contribution in [0, 0.1) is 11.8 Å². The van der Waals surface area contributed by atoms with Crippen LogP contribution in [0.3, 0.4) is 0 Å². The van der Waals surface area contributed by atoms with Crippen LogP contribution in [0.5, 0.6) is 0 Å². The number of anilines is 2. The second-order valence-electron chi connectivity index (χ2n) is 8.80. The Bertz CT molecular complexity index is 1200. The highest BCUT2D eigenvalue weighted by Gasteiger charge is 2.39. The minimum atomic E-state index is -0.144. The van der Waals surface area contributed by atoms with Crippen molar-refractivity contribution in [1.82, 2.24) is 14.9 Å². The van der Waals surface area contributed by atoms with E-state index in [-0.39, 0.29) is 29.8 Å². The van der Waals surface area contributed by atoms with Crippen LogP contribution in [0.25, 0.3) is 11.1 Å². The smallest absolute Gasteiger partial charge is 0.293 e. The summed E-state index contributed by atoms with van der Waals surface area (Å²) in [5, 5.41) is 1.25. The number of amides is 1. The van der Waals surface area contributed by atoms with Crippen molar-refractivity contribution < 1.29 is 9.21 Å². The molecule has 2 aromatic heterocycles. The number of halogens is 2. The van der Waals surface area contributed by atoms with Crippen molar-refractivity contribution in [2.75, 3.05) is 30.3 Å². The number of carbonyl (C=O) groups excluding carboxylic acids is 1. The number of oxazole rings is 1. The third-order valence-corrected chi connectivity index (χ3v) is 7.41. The number of nitrogen functional groups attached to an aromatic ring is 1. The third-order valence-electron chi connectivity index (χ3n) is 6.88. The molecule has 0 spiro atoms. The zero-order valence-electron chi connectivity index (χ0n) is 18.0. The molecule has 0 unspecified atom stereocenters. The maximum Gasteiger partial charge on any atom is 0.293 e. The van der Waals surface area contributed by atoms with Gasteiger partial charge in [-0.2, -0.15) is 4.98 Å². The molecule has 3 atom stereocenters. The van der Waals surface area contributed by atoms with E-state index in [2.05, 4.69) is 21.8 Å². The monoisotopic (exact) mass is 473 g/mol. The Morgan fingerprint density at radius 1 is 1.22 bits per heavy atom. The number of benzene rings is 1. The molecule has 1 fully saturated rings. The topological polar surface area (TPSA) is 88.5 Å². The summed E-state index contributed by atoms with van der Waals surface area (Å²) in [6.45, 7) is 6.26. The summed E-state index contributed by atoms with van der Waals surface area (Å²) in [7, 11) is 0. The van der Waals surface area contributed by atoms with Crippen LogP contribution in [0.2, 0.25) is 10.0 Å². The number of nitrogens with zero attached hydrogens (tertiary/aromatic N) is 4. The molecule has 2 aliphatic heterocycles. The second kappa shape index (κ2) is 8.12. The summed E-state index contributed by atoms with van der Waals surface area (Å²) in [5.41, 5.74) is 9.94. The predicted octanol–water partition coefficient (Wildman–Crippen LogP) is 4.72. The molecule has 9 heteroatoms. The quantitative estimate of drug-likeness (QED) is 0.578. The van der Waals surface area contributed by atoms with Crippen LogP contribution in [-0.4, -0.2) is 40.4 Å². The molecule has 3 aromatic rings. The van der Waals surface area contributed by atoms with Crippen LogP contribution < -0.4 is 10.6 Å². The Kier molecular flexibility index (Phi) is 5.42. The number of piperidine rings is 1. The standard InChI is InChI=1S/C23H25Cl2N5O2/c1-12-3-5-29(19-10-27-9-18-21(19)32-23(26)28-18)11-16(12)22(31)30-6-4-14-7-15(24)8-17(25)20(14)13(30)2/h7-10,12-13,16H,3-6,11H2,1-2H3,(H2,26,28)/t12-,13-,16-/m0/s1. The number of carbonyl (C=O) groups is 1. The Labute approximate surface area is 196 Å². The molecule has 32 heavy (non-hydrogen) atoms. The van der Waals surface area contributed by atoms with E-state index in [0.29, 0.717) is 34.2 Å². The minimum absolute atomic E-state index is 0.0993. The molecule has 4 heterocycles. The van der Waals surface area contributed by atoms with Gasteiger partial charge in [0, 0.05) is 29.7 Å². The van der Waals surface area contributed by atoms with Gasteiger partial charge in [0.1, 0.15) is 11.2 Å². The molecule has 0 bridgehead atoms. The van der Waals surface area contributed by atoms with Gasteiger partial charge in [0.25, 0.3) is 6.01 Å². The van der Waals surface area contributed by atoms with Crippen molar-refractivity contribution in [3.8, 4) is 0 Å². The number of rotatable bonds is 2. The molecule has 1 amide bonds. The van der Waals surface area contributed by atoms with Crippen molar-refractivity contribution >= 4 is 51.9 Å². The lowest BCUT2D eigenvalue weighted by Gasteiger charge is -2.43. The summed E-state index contributed by atoms with van der Waals surface area (Å²) >= 11 is 12.7. The minimum Gasteiger partial charge on any atom is -0.421 e. The lowest BCUT2D eigenvalue weighted by Crippen LogP contribution is -2.50. The summed E-state index contributed by atoms with van der Waals surface area (Å²) in [6.07, 6.45) is 5.03. The summed E-state index contributed by atoms with van der Waals surface area (Å²) in [5.74, 6) is 0.276. The van der Waals surface area contributed by atoms with Gasteiger partial charge >= 0.3 is 0 Å². The van der Waals surface area contributed by atoms with E-state index in [1.54, 1.807) is 18.5 Å². The number of aromatic nitrogens is 2. The van der Waals surface area contributed by atoms with Gasteiger partial charge in [0.05, 0.1) is 24.4 Å². The van der Waals surface area contributed by atoms with Gasteiger partial charge in [0.2, 0.25) is 5.91 Å². The Morgan fingerprint density at radius 3 is 2.84 bits per heavy atom. The highest BCUT2D eigenvalue weighted by Crippen LogP contribution is 2.39. The molecule has 5 rings (SSSR count). The van der Waals surface area contributed by atoms with E-state index in [1.807, 2.05) is 17.9 Å². The maximum absolute atomic E-state index is 13.8. The summed E-state index contributed by atoms with van der Waals surface area (Å²) in [6, 6.07) is 3.74. The van der Waals surface area contributed by atoms with Gasteiger partial charge in [-0.25, -0.2) is 0 Å². The Balaban J connectivity index is 1.42. The van der Waals surface area contributed by atoms with E-state index >= 15 is 0 Å². The lowest BCUT2D eigenvalue weighted by molar-refractivity contribution is -0.140. The molecule has 0 radical (unpaired) electrons. The van der Waals surface area contributed by atoms with Crippen molar-refractivity contribution in [2.24, 2.45) is 11.8 Å². The molecular weight excluding hydrogens is 449 g/mol. The van der Waals surface area contributed by atoms with Crippen LogP contribution in [0.4, 0.5) is 11.7 Å². The van der Waals surface area contributed by atoms with Gasteiger partial charge in [-0.15, -0.1) is 0 Å². The number of hydrogen-bond donors (Lipinski definition) is 1. The van der Waals surface area contributed by atoms with E-state index in [0.717, 1.165) is 36.2 Å². The zero-order chi connectivity index (χ0) is 22.6. The maximum atomic E-state index is 13.8. The van der Waals surface area contributed by atoms with Gasteiger partial charge in [-0.05, 0) is 48.9 Å². The van der Waals surface area contributed by atoms with Gasteiger partial charge < -0.3 is 20.0 Å². The van der Waals surface area contributed by atoms with Gasteiger partial charge in [0.15, 0.2) is 5.58 Å². The number of hydrogen-bond acceptors (Lipinski definition) is 6. The zero-order valence-corrected chi connectivity index (χ0v) is 19.5. The molecule has 1 saturated heterocycles. The fourth-order valence-electron chi connectivity index (χ4n) is 5.11. The fourth-order valence-corrected chi connectivity index (χ4v) is 5.80. The van der Waals surface area contributed by atoms with E-state index in [1.165, 1.54) is 0 Å². The molecule has 2 aliphatic rings. The van der Waals surface area contributed by atoms with E-state index in [9.17, 15) is 4.79 Å². The van der Waals surface area contributed by atoms with Crippen LogP contribution in [-0.2, 0) is 11.2 Å². The van der Waals surface area contributed by atoms with Crippen molar-refractivity contribution in [2.45, 2.75) is 32.7 Å². The van der Waals surface area contributed by atoms with E-state index < -0.39 is 0 Å². The Hall–Kier alpha value is -2.51. The first-order chi connectivity index (χ1) is 15.3. The summed E-state index contributed by atoms with van der Waals surface area (Å²) in [4.78, 5) is 26.4. The highest BCUT2D eigenvalue weighted by atomic mass is 35.5. The first-order valence-electron chi connectivity index (χ1n) is 10.9. The number of pyridine rings is 1. The average molecular weight is 474 g/mol. The van der Waals surface area contributed by atoms with Crippen molar-refractivity contribution in [3.05, 3.63) is 45.7 Å². The third kappa shape index (κ3) is 3.57. The normalized spacial score (nSPS) is 23.4. The second-order valence-corrected chi connectivity index (χ2v) is 9.64. The molecule has 0 aliphatic carbocycles. The number of nitrogens with two attached hydrogens (primary N) is 1. The van der Waals surface area contributed by atoms with Gasteiger partial charge in [-0.1, -0.05) is 30.1 Å². The lowest BCUT2D eigenvalue weighted by atomic mass is 9.84. The molecule has 2 N–H and O–H groups in total. The predicted molar refractivity (Wildman–Crippen MR) is 126 cm³/mol. The van der Waals surface area contributed by atoms with Crippen LogP contribution >= 0.6 is 23.2 Å². The highest BCUT2D eigenvalue weighted by molar-refractivity contribution is 6.35. The first kappa shape index (κ1) is 21.3. The molecule has 168 valence electrons. The Morgan fingerprint density at radius 2 is 2.03 bits per heavy atom. The molecule has 7 nitrogen and oxygen atoms in total. The van der Waals surface area contributed by atoms with Crippen molar-refractivity contribution in [3.63, 3.8) is 0 Å². The largest absolute Gasteiger partial charge is 0.421 e. The first-order valence-corrected chi connectivity index (χ1v) is 11.6. The van der Waals surface area contributed by atoms with Crippen molar-refractivity contribution in [1.29, 1.82) is 0 Å². The molecular formula is C23H25Cl2N5O2. The van der Waals surface area contributed by atoms with Crippen LogP contribution in [0.1, 0.15) is 37.4 Å². The van der Waals surface area contributed by atoms with Crippen LogP contribution in [0.15, 0.2) is 28.9 Å². The summed E-state index contributed by atoms with van der Waals surface area (Å²) < 4.78 is 5.63. The molecule has 0 saturated carbocycles. The molecule has 1 aromatic carbocycles. The number of fused-ring (bicyclic) bond motifs is 2.